The molecule has 6 heteroatoms. The second-order valence-electron chi connectivity index (χ2n) is 4.57. The molecule has 1 aromatic heterocycles. The Morgan fingerprint density at radius 2 is 1.94 bits per heavy atom. The molecule has 0 aliphatic carbocycles. The first-order valence-electron chi connectivity index (χ1n) is 5.60. The molecular weight excluding hydrogens is 256 g/mol. The third-order valence-corrected chi connectivity index (χ3v) is 5.57. The smallest absolute Gasteiger partial charge is 0.156 e. The number of nitrogens with one attached hydrogen (secondary N) is 1. The molecule has 4 nitrogen and oxygen atoms in total. The summed E-state index contributed by atoms with van der Waals surface area (Å²) in [6.07, 6.45) is 1.25. The van der Waals surface area contributed by atoms with Crippen molar-refractivity contribution in [2.45, 2.75) is 45.5 Å². The van der Waals surface area contributed by atoms with Crippen molar-refractivity contribution in [1.29, 1.82) is 0 Å². The standard InChI is InChI=1S/C11H20N2O2S2/c1-7(2)12-6-10-8(3)13-11(16-10)9(4)17(5,14)15/h7,9,12H,6H2,1-5H3. The monoisotopic (exact) mass is 276 g/mol. The van der Waals surface area contributed by atoms with Crippen LogP contribution in [0.4, 0.5) is 0 Å². The van der Waals surface area contributed by atoms with Crippen LogP contribution in [-0.2, 0) is 16.4 Å². The van der Waals surface area contributed by atoms with Gasteiger partial charge >= 0.3 is 0 Å². The van der Waals surface area contributed by atoms with E-state index in [9.17, 15) is 8.42 Å². The number of hydrogen-bond acceptors (Lipinski definition) is 5. The maximum atomic E-state index is 11.5. The van der Waals surface area contributed by atoms with Gasteiger partial charge in [-0.1, -0.05) is 13.8 Å². The lowest BCUT2D eigenvalue weighted by Gasteiger charge is -2.06. The first kappa shape index (κ1) is 14.6. The Morgan fingerprint density at radius 1 is 1.35 bits per heavy atom. The van der Waals surface area contributed by atoms with Crippen LogP contribution in [0.15, 0.2) is 0 Å². The maximum absolute atomic E-state index is 11.5. The van der Waals surface area contributed by atoms with Gasteiger partial charge in [0.05, 0.1) is 5.69 Å². The van der Waals surface area contributed by atoms with Crippen LogP contribution in [0, 0.1) is 6.92 Å². The number of aromatic nitrogens is 1. The summed E-state index contributed by atoms with van der Waals surface area (Å²) in [5.74, 6) is 0. The van der Waals surface area contributed by atoms with Gasteiger partial charge in [0.15, 0.2) is 9.84 Å². The summed E-state index contributed by atoms with van der Waals surface area (Å²) in [7, 11) is -3.06. The molecule has 0 bridgehead atoms. The van der Waals surface area contributed by atoms with E-state index in [2.05, 4.69) is 24.1 Å². The van der Waals surface area contributed by atoms with E-state index in [0.29, 0.717) is 11.0 Å². The molecular formula is C11H20N2O2S2. The highest BCUT2D eigenvalue weighted by Gasteiger charge is 2.22. The molecule has 0 saturated carbocycles. The van der Waals surface area contributed by atoms with E-state index in [4.69, 9.17) is 0 Å². The molecule has 0 aliphatic heterocycles. The van der Waals surface area contributed by atoms with E-state index in [0.717, 1.165) is 17.1 Å². The zero-order valence-electron chi connectivity index (χ0n) is 10.9. The molecule has 0 amide bonds. The predicted octanol–water partition coefficient (Wildman–Crippen LogP) is 2.06. The fraction of sp³-hybridized carbons (Fsp3) is 0.727. The molecule has 0 radical (unpaired) electrons. The van der Waals surface area contributed by atoms with Crippen molar-refractivity contribution < 1.29 is 8.42 Å². The molecule has 0 aliphatic rings. The number of aryl methyl sites for hydroxylation is 1. The van der Waals surface area contributed by atoms with Crippen LogP contribution in [0.25, 0.3) is 0 Å². The summed E-state index contributed by atoms with van der Waals surface area (Å²) < 4.78 is 22.9. The molecule has 1 aromatic rings. The number of hydrogen-bond donors (Lipinski definition) is 1. The van der Waals surface area contributed by atoms with Crippen LogP contribution in [0.2, 0.25) is 0 Å². The Balaban J connectivity index is 2.88. The molecule has 1 atom stereocenters. The van der Waals surface area contributed by atoms with Crippen molar-refractivity contribution >= 4 is 21.2 Å². The minimum Gasteiger partial charge on any atom is -0.310 e. The van der Waals surface area contributed by atoms with E-state index in [1.807, 2.05) is 6.92 Å². The molecule has 0 fully saturated rings. The second-order valence-corrected chi connectivity index (χ2v) is 8.05. The normalized spacial score (nSPS) is 14.2. The van der Waals surface area contributed by atoms with Gasteiger partial charge in [-0.05, 0) is 13.8 Å². The van der Waals surface area contributed by atoms with Crippen molar-refractivity contribution in [3.8, 4) is 0 Å². The van der Waals surface area contributed by atoms with Crippen molar-refractivity contribution in [2.24, 2.45) is 0 Å². The van der Waals surface area contributed by atoms with E-state index in [1.165, 1.54) is 17.6 Å². The van der Waals surface area contributed by atoms with Gasteiger partial charge in [0.2, 0.25) is 0 Å². The Labute approximate surface area is 107 Å². The quantitative estimate of drug-likeness (QED) is 0.894. The highest BCUT2D eigenvalue weighted by Crippen LogP contribution is 2.28. The third-order valence-electron chi connectivity index (χ3n) is 2.57. The molecule has 0 aromatic carbocycles. The lowest BCUT2D eigenvalue weighted by atomic mass is 10.3. The topological polar surface area (TPSA) is 59.1 Å². The Kier molecular flexibility index (Phi) is 4.69. The molecule has 1 rings (SSSR count). The zero-order valence-corrected chi connectivity index (χ0v) is 12.6. The average Bonchev–Trinajstić information content (AvgIpc) is 2.54. The molecule has 1 heterocycles. The van der Waals surface area contributed by atoms with Crippen molar-refractivity contribution in [1.82, 2.24) is 10.3 Å². The van der Waals surface area contributed by atoms with Gasteiger partial charge in [-0.15, -0.1) is 11.3 Å². The average molecular weight is 276 g/mol. The molecule has 98 valence electrons. The first-order chi connectivity index (χ1) is 7.71. The zero-order chi connectivity index (χ0) is 13.2. The van der Waals surface area contributed by atoms with E-state index in [1.54, 1.807) is 6.92 Å². The second kappa shape index (κ2) is 5.46. The van der Waals surface area contributed by atoms with E-state index < -0.39 is 15.1 Å². The van der Waals surface area contributed by atoms with Gasteiger partial charge in [-0.3, -0.25) is 0 Å². The summed E-state index contributed by atoms with van der Waals surface area (Å²) in [5.41, 5.74) is 0.925. The Bertz CT molecular complexity index is 478. The van der Waals surface area contributed by atoms with Crippen LogP contribution in [0.3, 0.4) is 0 Å². The number of sulfone groups is 1. The number of rotatable bonds is 5. The van der Waals surface area contributed by atoms with Crippen molar-refractivity contribution in [3.63, 3.8) is 0 Å². The lowest BCUT2D eigenvalue weighted by molar-refractivity contribution is 0.591. The van der Waals surface area contributed by atoms with Gasteiger partial charge < -0.3 is 5.32 Å². The Morgan fingerprint density at radius 3 is 2.41 bits per heavy atom. The number of nitrogens with zero attached hydrogens (tertiary/aromatic N) is 1. The largest absolute Gasteiger partial charge is 0.310 e. The van der Waals surface area contributed by atoms with Crippen LogP contribution < -0.4 is 5.32 Å². The van der Waals surface area contributed by atoms with Crippen LogP contribution in [0.5, 0.6) is 0 Å². The fourth-order valence-electron chi connectivity index (χ4n) is 1.27. The van der Waals surface area contributed by atoms with E-state index >= 15 is 0 Å². The summed E-state index contributed by atoms with van der Waals surface area (Å²) in [5, 5.41) is 3.49. The molecule has 17 heavy (non-hydrogen) atoms. The lowest BCUT2D eigenvalue weighted by Crippen LogP contribution is -2.21. The minimum atomic E-state index is -3.06. The summed E-state index contributed by atoms with van der Waals surface area (Å²) in [6.45, 7) is 8.52. The highest BCUT2D eigenvalue weighted by atomic mass is 32.2. The third kappa shape index (κ3) is 4.04. The van der Waals surface area contributed by atoms with Crippen LogP contribution >= 0.6 is 11.3 Å². The van der Waals surface area contributed by atoms with Crippen molar-refractivity contribution in [3.05, 3.63) is 15.6 Å². The van der Waals surface area contributed by atoms with Crippen LogP contribution in [-0.4, -0.2) is 25.7 Å². The molecule has 0 saturated heterocycles. The summed E-state index contributed by atoms with van der Waals surface area (Å²) >= 11 is 1.48. The maximum Gasteiger partial charge on any atom is 0.156 e. The van der Waals surface area contributed by atoms with Crippen molar-refractivity contribution in [2.75, 3.05) is 6.26 Å². The van der Waals surface area contributed by atoms with E-state index in [-0.39, 0.29) is 0 Å². The van der Waals surface area contributed by atoms with Gasteiger partial charge in [0.1, 0.15) is 10.3 Å². The fourth-order valence-corrected chi connectivity index (χ4v) is 3.31. The first-order valence-corrected chi connectivity index (χ1v) is 8.37. The van der Waals surface area contributed by atoms with Gasteiger partial charge in [0.25, 0.3) is 0 Å². The Hall–Kier alpha value is -0.460. The van der Waals surface area contributed by atoms with Gasteiger partial charge in [-0.25, -0.2) is 13.4 Å². The highest BCUT2D eigenvalue weighted by molar-refractivity contribution is 7.91. The SMILES string of the molecule is Cc1nc(C(C)S(C)(=O)=O)sc1CNC(C)C. The molecule has 0 spiro atoms. The predicted molar refractivity (Wildman–Crippen MR) is 72.1 cm³/mol. The van der Waals surface area contributed by atoms with Gasteiger partial charge in [-0.2, -0.15) is 0 Å². The summed E-state index contributed by atoms with van der Waals surface area (Å²) in [6, 6.07) is 0.410. The van der Waals surface area contributed by atoms with Crippen LogP contribution in [0.1, 0.15) is 41.6 Å². The minimum absolute atomic E-state index is 0.410. The molecule has 1 N–H and O–H groups in total. The molecule has 1 unspecified atom stereocenters. The summed E-state index contributed by atoms with van der Waals surface area (Å²) in [4.78, 5) is 5.47. The van der Waals surface area contributed by atoms with Gasteiger partial charge in [0, 0.05) is 23.7 Å². The number of thiazole rings is 1.